The number of hydrogen-bond acceptors (Lipinski definition) is 3. The summed E-state index contributed by atoms with van der Waals surface area (Å²) in [7, 11) is 3.66. The molecule has 1 heterocycles. The zero-order valence-electron chi connectivity index (χ0n) is 17.2. The van der Waals surface area contributed by atoms with Crippen molar-refractivity contribution in [3.8, 4) is 0 Å². The summed E-state index contributed by atoms with van der Waals surface area (Å²) >= 11 is 12.9. The molecule has 0 spiro atoms. The highest BCUT2D eigenvalue weighted by atomic mass is 35.5. The Morgan fingerprint density at radius 2 is 1.71 bits per heavy atom. The van der Waals surface area contributed by atoms with E-state index in [4.69, 9.17) is 23.2 Å². The Balaban J connectivity index is 2.02. The van der Waals surface area contributed by atoms with E-state index in [2.05, 4.69) is 0 Å². The number of carbonyl (C=O) groups is 2. The smallest absolute Gasteiger partial charge is 0.335 e. The molecule has 3 aromatic carbocycles. The van der Waals surface area contributed by atoms with Crippen LogP contribution < -0.4 is 4.90 Å². The Morgan fingerprint density at radius 3 is 2.32 bits per heavy atom. The van der Waals surface area contributed by atoms with Crippen molar-refractivity contribution in [3.63, 3.8) is 0 Å². The van der Waals surface area contributed by atoms with Gasteiger partial charge in [-0.15, -0.1) is 0 Å². The molecule has 0 aliphatic carbocycles. The maximum absolute atomic E-state index is 14.2. The van der Waals surface area contributed by atoms with Crippen molar-refractivity contribution in [1.29, 1.82) is 0 Å². The molecule has 1 aliphatic heterocycles. The molecule has 1 aliphatic rings. The minimum atomic E-state index is -1.20. The van der Waals surface area contributed by atoms with E-state index in [0.29, 0.717) is 38.1 Å². The Hall–Kier alpha value is -2.86. The van der Waals surface area contributed by atoms with Crippen LogP contribution in [0.5, 0.6) is 0 Å². The van der Waals surface area contributed by atoms with Gasteiger partial charge in [-0.05, 0) is 69.0 Å². The number of anilines is 2. The lowest BCUT2D eigenvalue weighted by molar-refractivity contribution is -0.125. The van der Waals surface area contributed by atoms with Crippen LogP contribution >= 0.6 is 23.2 Å². The Morgan fingerprint density at radius 1 is 1.00 bits per heavy atom. The Labute approximate surface area is 190 Å². The van der Waals surface area contributed by atoms with Crippen molar-refractivity contribution in [2.45, 2.75) is 12.5 Å². The lowest BCUT2D eigenvalue weighted by Crippen LogP contribution is -2.50. The number of carboxylic acids is 1. The zero-order chi connectivity index (χ0) is 22.5. The summed E-state index contributed by atoms with van der Waals surface area (Å²) in [6, 6.07) is 17.5. The van der Waals surface area contributed by atoms with Crippen LogP contribution in [0.15, 0.2) is 60.7 Å². The molecule has 0 aromatic heterocycles. The minimum absolute atomic E-state index is 0.191. The van der Waals surface area contributed by atoms with Crippen LogP contribution in [-0.2, 0) is 10.3 Å². The molecule has 31 heavy (non-hydrogen) atoms. The van der Waals surface area contributed by atoms with E-state index >= 15 is 0 Å². The van der Waals surface area contributed by atoms with Gasteiger partial charge in [-0.2, -0.15) is 0 Å². The summed E-state index contributed by atoms with van der Waals surface area (Å²) in [4.78, 5) is 29.1. The highest BCUT2D eigenvalue weighted by molar-refractivity contribution is 6.33. The van der Waals surface area contributed by atoms with E-state index < -0.39 is 11.5 Å². The van der Waals surface area contributed by atoms with Crippen LogP contribution in [0.1, 0.15) is 27.0 Å². The number of rotatable bonds is 4. The molecule has 5 nitrogen and oxygen atoms in total. The number of nitrogens with zero attached hydrogens (tertiary/aromatic N) is 2. The van der Waals surface area contributed by atoms with Gasteiger partial charge >= 0.3 is 5.97 Å². The van der Waals surface area contributed by atoms with Crippen LogP contribution in [0.2, 0.25) is 10.0 Å². The fraction of sp³-hybridized carbons (Fsp3) is 0.167. The lowest BCUT2D eigenvalue weighted by atomic mass is 9.82. The molecule has 0 saturated carbocycles. The molecule has 1 amide bonds. The molecule has 0 radical (unpaired) electrons. The average Bonchev–Trinajstić information content (AvgIpc) is 2.96. The van der Waals surface area contributed by atoms with Gasteiger partial charge in [0.25, 0.3) is 5.91 Å². The van der Waals surface area contributed by atoms with Gasteiger partial charge in [0.05, 0.1) is 11.3 Å². The number of benzene rings is 3. The molecule has 7 heteroatoms. The van der Waals surface area contributed by atoms with Crippen LogP contribution in [0, 0.1) is 6.92 Å². The van der Waals surface area contributed by atoms with Crippen molar-refractivity contribution in [1.82, 2.24) is 4.90 Å². The molecule has 0 saturated heterocycles. The topological polar surface area (TPSA) is 60.9 Å². The molecule has 0 bridgehead atoms. The first-order valence-corrected chi connectivity index (χ1v) is 10.4. The summed E-state index contributed by atoms with van der Waals surface area (Å²) in [5, 5.41) is 10.4. The lowest BCUT2D eigenvalue weighted by Gasteiger charge is -2.36. The second-order valence-electron chi connectivity index (χ2n) is 7.69. The maximum atomic E-state index is 14.2. The molecular weight excluding hydrogens is 435 g/mol. The molecule has 1 unspecified atom stereocenters. The first-order valence-electron chi connectivity index (χ1n) is 9.60. The summed E-state index contributed by atoms with van der Waals surface area (Å²) in [5.74, 6) is -1.23. The van der Waals surface area contributed by atoms with E-state index in [1.54, 1.807) is 48.2 Å². The number of amides is 1. The summed E-state index contributed by atoms with van der Waals surface area (Å²) in [6.07, 6.45) is 0. The number of halogens is 2. The molecule has 3 aromatic rings. The highest BCUT2D eigenvalue weighted by Crippen LogP contribution is 2.52. The molecule has 1 N–H and O–H groups in total. The number of carbonyl (C=O) groups excluding carboxylic acids is 1. The van der Waals surface area contributed by atoms with Crippen LogP contribution in [0.4, 0.5) is 11.4 Å². The van der Waals surface area contributed by atoms with Gasteiger partial charge in [0.15, 0.2) is 5.54 Å². The number of aromatic carboxylic acids is 1. The Kier molecular flexibility index (Phi) is 5.30. The van der Waals surface area contributed by atoms with Gasteiger partial charge < -0.3 is 5.11 Å². The second kappa shape index (κ2) is 7.68. The van der Waals surface area contributed by atoms with Crippen molar-refractivity contribution in [3.05, 3.63) is 93.0 Å². The van der Waals surface area contributed by atoms with E-state index in [1.165, 1.54) is 6.07 Å². The SMILES string of the molecule is Cc1cc(N2C(=O)C(c3ccccc3Cl)(N(C)C)c3cc(Cl)ccc32)ccc1C(=O)O. The molecular formula is C24H20Cl2N2O3. The fourth-order valence-electron chi connectivity index (χ4n) is 4.35. The average molecular weight is 455 g/mol. The highest BCUT2D eigenvalue weighted by Gasteiger charge is 2.55. The monoisotopic (exact) mass is 454 g/mol. The van der Waals surface area contributed by atoms with Crippen LogP contribution in [-0.4, -0.2) is 36.0 Å². The molecule has 0 fully saturated rings. The van der Waals surface area contributed by atoms with E-state index in [-0.39, 0.29) is 11.5 Å². The van der Waals surface area contributed by atoms with Gasteiger partial charge in [-0.25, -0.2) is 4.79 Å². The number of carboxylic acid groups (broad SMARTS) is 1. The number of aryl methyl sites for hydroxylation is 1. The van der Waals surface area contributed by atoms with Gasteiger partial charge in [0.2, 0.25) is 0 Å². The standard InChI is InChI=1S/C24H20Cl2N2O3/c1-14-12-16(9-10-17(14)22(29)30)28-21-11-8-15(25)13-19(21)24(23(28)31,27(2)3)18-6-4-5-7-20(18)26/h4-13H,1-3H3,(H,29,30). The van der Waals surface area contributed by atoms with Gasteiger partial charge in [0.1, 0.15) is 0 Å². The normalized spacial score (nSPS) is 17.9. The number of likely N-dealkylation sites (N-methyl/N-ethyl adjacent to an activating group) is 1. The summed E-state index contributed by atoms with van der Waals surface area (Å²) < 4.78 is 0. The van der Waals surface area contributed by atoms with Crippen molar-refractivity contribution < 1.29 is 14.7 Å². The van der Waals surface area contributed by atoms with Crippen molar-refractivity contribution in [2.24, 2.45) is 0 Å². The largest absolute Gasteiger partial charge is 0.478 e. The first kappa shape index (κ1) is 21.4. The third kappa shape index (κ3) is 3.12. The summed E-state index contributed by atoms with van der Waals surface area (Å²) in [6.45, 7) is 1.71. The quantitative estimate of drug-likeness (QED) is 0.566. The zero-order valence-corrected chi connectivity index (χ0v) is 18.7. The molecule has 4 rings (SSSR count). The maximum Gasteiger partial charge on any atom is 0.335 e. The third-order valence-corrected chi connectivity index (χ3v) is 6.30. The van der Waals surface area contributed by atoms with E-state index in [9.17, 15) is 14.7 Å². The van der Waals surface area contributed by atoms with Gasteiger partial charge in [-0.3, -0.25) is 14.6 Å². The van der Waals surface area contributed by atoms with Crippen LogP contribution in [0.25, 0.3) is 0 Å². The van der Waals surface area contributed by atoms with Crippen molar-refractivity contribution >= 4 is 46.5 Å². The van der Waals surface area contributed by atoms with Gasteiger partial charge in [0, 0.05) is 26.9 Å². The summed E-state index contributed by atoms with van der Waals surface area (Å²) in [5.41, 5.74) is 2.17. The van der Waals surface area contributed by atoms with Crippen molar-refractivity contribution in [2.75, 3.05) is 19.0 Å². The fourth-order valence-corrected chi connectivity index (χ4v) is 4.80. The van der Waals surface area contributed by atoms with Gasteiger partial charge in [-0.1, -0.05) is 41.4 Å². The second-order valence-corrected chi connectivity index (χ2v) is 8.53. The number of fused-ring (bicyclic) bond motifs is 1. The molecule has 1 atom stereocenters. The minimum Gasteiger partial charge on any atom is -0.478 e. The van der Waals surface area contributed by atoms with Crippen LogP contribution in [0.3, 0.4) is 0 Å². The third-order valence-electron chi connectivity index (χ3n) is 5.73. The van der Waals surface area contributed by atoms with E-state index in [0.717, 1.165) is 0 Å². The first-order chi connectivity index (χ1) is 14.7. The van der Waals surface area contributed by atoms with E-state index in [1.807, 2.05) is 37.2 Å². The predicted molar refractivity (Wildman–Crippen MR) is 123 cm³/mol. The Bertz CT molecular complexity index is 1230. The predicted octanol–water partition coefficient (Wildman–Crippen LogP) is 5.48. The molecule has 158 valence electrons. The number of hydrogen-bond donors (Lipinski definition) is 1.